The summed E-state index contributed by atoms with van der Waals surface area (Å²) in [5.41, 5.74) is 5.85. The zero-order valence-corrected chi connectivity index (χ0v) is 10.4. The number of nitrogens with zero attached hydrogens (tertiary/aromatic N) is 3. The van der Waals surface area contributed by atoms with Gasteiger partial charge in [0.2, 0.25) is 11.8 Å². The molecule has 2 aromatic rings. The van der Waals surface area contributed by atoms with E-state index in [1.165, 1.54) is 6.07 Å². The molecule has 0 saturated carbocycles. The molecule has 2 heterocycles. The van der Waals surface area contributed by atoms with Gasteiger partial charge in [-0.25, -0.2) is 4.98 Å². The fraction of sp³-hybridized carbons (Fsp3) is 0.455. The fourth-order valence-corrected chi connectivity index (χ4v) is 1.64. The van der Waals surface area contributed by atoms with Crippen LogP contribution in [0.3, 0.4) is 0 Å². The second-order valence-electron chi connectivity index (χ2n) is 4.33. The molecule has 0 aliphatic rings. The summed E-state index contributed by atoms with van der Waals surface area (Å²) in [6.45, 7) is 2.37. The maximum Gasteiger partial charge on any atom is 0.406 e. The molecule has 2 rings (SSSR count). The lowest BCUT2D eigenvalue weighted by atomic mass is 10.4. The Morgan fingerprint density at radius 1 is 1.32 bits per heavy atom. The first kappa shape index (κ1) is 13.4. The molecule has 0 radical (unpaired) electrons. The Hall–Kier alpha value is -1.99. The Labute approximate surface area is 107 Å². The van der Waals surface area contributed by atoms with Crippen LogP contribution < -0.4 is 10.5 Å². The van der Waals surface area contributed by atoms with Crippen molar-refractivity contribution in [3.05, 3.63) is 12.1 Å². The molecule has 8 heteroatoms. The molecule has 0 aliphatic heterocycles. The van der Waals surface area contributed by atoms with E-state index in [1.54, 1.807) is 19.9 Å². The van der Waals surface area contributed by atoms with Crippen LogP contribution in [0.4, 0.5) is 19.1 Å². The van der Waals surface area contributed by atoms with Gasteiger partial charge in [0.25, 0.3) is 0 Å². The number of aromatic nitrogens is 3. The Kier molecular flexibility index (Phi) is 3.25. The van der Waals surface area contributed by atoms with E-state index in [2.05, 4.69) is 9.97 Å². The maximum atomic E-state index is 12.5. The first-order valence-electron chi connectivity index (χ1n) is 5.62. The maximum absolute atomic E-state index is 12.5. The van der Waals surface area contributed by atoms with E-state index in [0.29, 0.717) is 5.52 Å². The minimum atomic E-state index is -4.39. The molecule has 0 aromatic carbocycles. The molecule has 0 atom stereocenters. The predicted molar refractivity (Wildman–Crippen MR) is 63.8 cm³/mol. The fourth-order valence-electron chi connectivity index (χ4n) is 1.64. The Balaban J connectivity index is 2.47. The number of rotatable bonds is 3. The van der Waals surface area contributed by atoms with Crippen LogP contribution in [0.1, 0.15) is 13.8 Å². The summed E-state index contributed by atoms with van der Waals surface area (Å²) in [5.74, 6) is 0.0207. The minimum absolute atomic E-state index is 0.0629. The number of ether oxygens (including phenoxy) is 1. The van der Waals surface area contributed by atoms with E-state index in [-0.39, 0.29) is 23.6 Å². The summed E-state index contributed by atoms with van der Waals surface area (Å²) in [5, 5.41) is 0. The third-order valence-corrected chi connectivity index (χ3v) is 2.29. The van der Waals surface area contributed by atoms with Crippen LogP contribution in [0.15, 0.2) is 12.1 Å². The van der Waals surface area contributed by atoms with Crippen LogP contribution in [0, 0.1) is 0 Å². The van der Waals surface area contributed by atoms with Crippen molar-refractivity contribution in [1.82, 2.24) is 14.5 Å². The molecule has 5 nitrogen and oxygen atoms in total. The van der Waals surface area contributed by atoms with Crippen LogP contribution in [-0.4, -0.2) is 26.8 Å². The van der Waals surface area contributed by atoms with Gasteiger partial charge < -0.3 is 10.5 Å². The van der Waals surface area contributed by atoms with Gasteiger partial charge in [0.05, 0.1) is 6.10 Å². The summed E-state index contributed by atoms with van der Waals surface area (Å²) in [6, 6.07) is 3.08. The zero-order chi connectivity index (χ0) is 14.2. The third kappa shape index (κ3) is 3.07. The van der Waals surface area contributed by atoms with E-state index in [4.69, 9.17) is 10.5 Å². The van der Waals surface area contributed by atoms with Gasteiger partial charge in [-0.3, -0.25) is 4.57 Å². The average molecular weight is 274 g/mol. The van der Waals surface area contributed by atoms with Gasteiger partial charge in [0.15, 0.2) is 5.65 Å². The normalized spacial score (nSPS) is 12.3. The standard InChI is InChI=1S/C11H13F3N4O/c1-6(2)19-8-4-3-7-9(17-8)18(10(15)16-7)5-11(12,13)14/h3-4,6H,5H2,1-2H3,(H2,15,16). The molecule has 0 fully saturated rings. The molecule has 0 unspecified atom stereocenters. The average Bonchev–Trinajstić information content (AvgIpc) is 2.53. The summed E-state index contributed by atoms with van der Waals surface area (Å²) in [6.07, 6.45) is -4.51. The van der Waals surface area contributed by atoms with Crippen molar-refractivity contribution in [3.63, 3.8) is 0 Å². The number of hydrogen-bond acceptors (Lipinski definition) is 4. The Morgan fingerprint density at radius 2 is 2.00 bits per heavy atom. The topological polar surface area (TPSA) is 66.0 Å². The molecule has 0 saturated heterocycles. The first-order valence-corrected chi connectivity index (χ1v) is 5.62. The van der Waals surface area contributed by atoms with Gasteiger partial charge in [-0.2, -0.15) is 18.2 Å². The third-order valence-electron chi connectivity index (χ3n) is 2.29. The summed E-state index contributed by atoms with van der Waals surface area (Å²) in [4.78, 5) is 7.86. The molecule has 0 amide bonds. The predicted octanol–water partition coefficient (Wildman–Crippen LogP) is 2.36. The van der Waals surface area contributed by atoms with E-state index in [0.717, 1.165) is 4.57 Å². The Morgan fingerprint density at radius 3 is 2.58 bits per heavy atom. The highest BCUT2D eigenvalue weighted by Crippen LogP contribution is 2.25. The van der Waals surface area contributed by atoms with E-state index >= 15 is 0 Å². The van der Waals surface area contributed by atoms with Crippen LogP contribution in [0.5, 0.6) is 5.88 Å². The lowest BCUT2D eigenvalue weighted by molar-refractivity contribution is -0.139. The van der Waals surface area contributed by atoms with Crippen LogP contribution in [0.25, 0.3) is 11.2 Å². The molecule has 0 spiro atoms. The molecule has 0 aliphatic carbocycles. The molecule has 19 heavy (non-hydrogen) atoms. The van der Waals surface area contributed by atoms with E-state index < -0.39 is 12.7 Å². The van der Waals surface area contributed by atoms with E-state index in [9.17, 15) is 13.2 Å². The first-order chi connectivity index (χ1) is 8.76. The molecular formula is C11H13F3N4O. The van der Waals surface area contributed by atoms with Crippen molar-refractivity contribution in [1.29, 1.82) is 0 Å². The van der Waals surface area contributed by atoms with Crippen molar-refractivity contribution in [2.24, 2.45) is 0 Å². The van der Waals surface area contributed by atoms with Crippen molar-refractivity contribution < 1.29 is 17.9 Å². The van der Waals surface area contributed by atoms with Gasteiger partial charge in [-0.1, -0.05) is 0 Å². The minimum Gasteiger partial charge on any atom is -0.475 e. The van der Waals surface area contributed by atoms with Crippen LogP contribution in [0.2, 0.25) is 0 Å². The van der Waals surface area contributed by atoms with Crippen LogP contribution >= 0.6 is 0 Å². The van der Waals surface area contributed by atoms with Gasteiger partial charge in [0.1, 0.15) is 12.1 Å². The molecule has 2 aromatic heterocycles. The van der Waals surface area contributed by atoms with Gasteiger partial charge >= 0.3 is 6.18 Å². The SMILES string of the molecule is CC(C)Oc1ccc2nc(N)n(CC(F)(F)F)c2n1. The second-order valence-corrected chi connectivity index (χ2v) is 4.33. The van der Waals surface area contributed by atoms with Gasteiger partial charge in [-0.05, 0) is 19.9 Å². The van der Waals surface area contributed by atoms with Crippen molar-refractivity contribution >= 4 is 17.1 Å². The molecule has 0 bridgehead atoms. The largest absolute Gasteiger partial charge is 0.475 e. The number of halogens is 3. The van der Waals surface area contributed by atoms with Gasteiger partial charge in [0, 0.05) is 6.07 Å². The second kappa shape index (κ2) is 4.60. The summed E-state index contributed by atoms with van der Waals surface area (Å²) in [7, 11) is 0. The van der Waals surface area contributed by atoms with E-state index in [1.807, 2.05) is 0 Å². The molecular weight excluding hydrogens is 261 g/mol. The number of imidazole rings is 1. The smallest absolute Gasteiger partial charge is 0.406 e. The van der Waals surface area contributed by atoms with Crippen molar-refractivity contribution in [2.45, 2.75) is 32.7 Å². The number of anilines is 1. The highest BCUT2D eigenvalue weighted by Gasteiger charge is 2.30. The monoisotopic (exact) mass is 274 g/mol. The number of alkyl halides is 3. The van der Waals surface area contributed by atoms with Crippen LogP contribution in [-0.2, 0) is 6.54 Å². The lowest BCUT2D eigenvalue weighted by Gasteiger charge is -2.11. The van der Waals surface area contributed by atoms with Crippen molar-refractivity contribution in [2.75, 3.05) is 5.73 Å². The van der Waals surface area contributed by atoms with Crippen molar-refractivity contribution in [3.8, 4) is 5.88 Å². The quantitative estimate of drug-likeness (QED) is 0.933. The zero-order valence-electron chi connectivity index (χ0n) is 10.4. The summed E-state index contributed by atoms with van der Waals surface area (Å²) >= 11 is 0. The number of fused-ring (bicyclic) bond motifs is 1. The Bertz CT molecular complexity index is 591. The number of nitrogens with two attached hydrogens (primary N) is 1. The number of pyridine rings is 1. The highest BCUT2D eigenvalue weighted by molar-refractivity contribution is 5.74. The van der Waals surface area contributed by atoms with Gasteiger partial charge in [-0.15, -0.1) is 0 Å². The molecule has 2 N–H and O–H groups in total. The lowest BCUT2D eigenvalue weighted by Crippen LogP contribution is -2.19. The highest BCUT2D eigenvalue weighted by atomic mass is 19.4. The number of hydrogen-bond donors (Lipinski definition) is 1. The number of nitrogen functional groups attached to an aromatic ring is 1. The molecule has 104 valence electrons. The summed E-state index contributed by atoms with van der Waals surface area (Å²) < 4.78 is 43.6.